The van der Waals surface area contributed by atoms with Crippen LogP contribution in [0.25, 0.3) is 5.76 Å². The molecule has 0 aliphatic heterocycles. The van der Waals surface area contributed by atoms with E-state index in [1.165, 1.54) is 12.5 Å². The molecular weight excluding hydrogens is 271 g/mol. The van der Waals surface area contributed by atoms with Crippen LogP contribution in [0.15, 0.2) is 36.4 Å². The molecule has 3 heteroatoms. The van der Waals surface area contributed by atoms with E-state index in [0.29, 0.717) is 5.56 Å². The predicted molar refractivity (Wildman–Crippen MR) is 68.6 cm³/mol. The molecule has 2 nitrogen and oxygen atoms in total. The number of benzene rings is 1. The summed E-state index contributed by atoms with van der Waals surface area (Å²) in [6, 6.07) is 9.20. The van der Waals surface area contributed by atoms with Gasteiger partial charge in [-0.05, 0) is 12.8 Å². The van der Waals surface area contributed by atoms with E-state index < -0.39 is 0 Å². The number of ketones is 1. The summed E-state index contributed by atoms with van der Waals surface area (Å²) in [4.78, 5) is 11.9. The summed E-state index contributed by atoms with van der Waals surface area (Å²) >= 11 is 0. The van der Waals surface area contributed by atoms with Crippen LogP contribution in [0.3, 0.4) is 0 Å². The normalized spacial score (nSPS) is 17.0. The van der Waals surface area contributed by atoms with Gasteiger partial charge in [0.1, 0.15) is 5.76 Å². The van der Waals surface area contributed by atoms with Crippen molar-refractivity contribution in [2.45, 2.75) is 32.1 Å². The molecule has 1 N–H and O–H groups in total. The molecule has 0 spiro atoms. The minimum absolute atomic E-state index is 0. The molecule has 1 saturated carbocycles. The third-order valence-electron chi connectivity index (χ3n) is 3.36. The van der Waals surface area contributed by atoms with Gasteiger partial charge in [0.2, 0.25) is 0 Å². The van der Waals surface area contributed by atoms with Gasteiger partial charge in [0, 0.05) is 34.0 Å². The Morgan fingerprint density at radius 2 is 1.72 bits per heavy atom. The summed E-state index contributed by atoms with van der Waals surface area (Å²) in [5.74, 6) is 0.279. The Labute approximate surface area is 118 Å². The molecule has 18 heavy (non-hydrogen) atoms. The van der Waals surface area contributed by atoms with Crippen molar-refractivity contribution in [3.05, 3.63) is 42.0 Å². The van der Waals surface area contributed by atoms with Gasteiger partial charge in [-0.25, -0.2) is 0 Å². The minimum Gasteiger partial charge on any atom is -0.507 e. The monoisotopic (exact) mass is 288 g/mol. The van der Waals surface area contributed by atoms with Gasteiger partial charge in [0.15, 0.2) is 5.78 Å². The number of aliphatic hydroxyl groups excluding tert-OH is 1. The zero-order valence-electron chi connectivity index (χ0n) is 10.2. The maximum absolute atomic E-state index is 11.9. The fourth-order valence-corrected chi connectivity index (χ4v) is 2.33. The van der Waals surface area contributed by atoms with Gasteiger partial charge in [-0.3, -0.25) is 4.79 Å². The van der Waals surface area contributed by atoms with Crippen LogP contribution in [-0.2, 0) is 21.3 Å². The first-order chi connectivity index (χ1) is 8.27. The van der Waals surface area contributed by atoms with Crippen molar-refractivity contribution >= 4 is 11.5 Å². The first-order valence-electron chi connectivity index (χ1n) is 6.27. The third kappa shape index (κ3) is 3.99. The number of carbonyl (C=O) groups excluding carboxylic acids is 1. The maximum Gasteiger partial charge on any atom is 0.162 e. The average Bonchev–Trinajstić information content (AvgIpc) is 2.40. The molecule has 1 aromatic rings. The summed E-state index contributed by atoms with van der Waals surface area (Å²) in [5, 5.41) is 9.86. The third-order valence-corrected chi connectivity index (χ3v) is 3.36. The number of hydrogen-bond donors (Lipinski definition) is 1. The Morgan fingerprint density at radius 3 is 2.33 bits per heavy atom. The molecular formula is C15H18NiO2. The maximum atomic E-state index is 11.9. The van der Waals surface area contributed by atoms with Crippen LogP contribution in [0, 0.1) is 5.92 Å². The Balaban J connectivity index is 0.00000162. The molecule has 1 aliphatic carbocycles. The average molecular weight is 289 g/mol. The first-order valence-corrected chi connectivity index (χ1v) is 6.27. The quantitative estimate of drug-likeness (QED) is 0.523. The van der Waals surface area contributed by atoms with Gasteiger partial charge in [-0.15, -0.1) is 0 Å². The molecule has 0 aromatic heterocycles. The van der Waals surface area contributed by atoms with Crippen LogP contribution in [-0.4, -0.2) is 10.9 Å². The van der Waals surface area contributed by atoms with E-state index in [1.54, 1.807) is 12.1 Å². The molecule has 1 aromatic carbocycles. The van der Waals surface area contributed by atoms with Crippen LogP contribution < -0.4 is 0 Å². The Morgan fingerprint density at radius 1 is 1.11 bits per heavy atom. The Bertz CT molecular complexity index is 406. The summed E-state index contributed by atoms with van der Waals surface area (Å²) < 4.78 is 0. The molecule has 100 valence electrons. The Kier molecular flexibility index (Phi) is 6.14. The number of carbonyl (C=O) groups is 1. The second-order valence-electron chi connectivity index (χ2n) is 4.63. The minimum atomic E-state index is 0. The van der Waals surface area contributed by atoms with Crippen molar-refractivity contribution in [3.63, 3.8) is 0 Å². The predicted octanol–water partition coefficient (Wildman–Crippen LogP) is 3.73. The molecule has 1 fully saturated rings. The summed E-state index contributed by atoms with van der Waals surface area (Å²) in [6.45, 7) is 0. The van der Waals surface area contributed by atoms with E-state index in [4.69, 9.17) is 0 Å². The van der Waals surface area contributed by atoms with Crippen LogP contribution in [0.4, 0.5) is 0 Å². The second kappa shape index (κ2) is 7.38. The molecule has 0 bridgehead atoms. The number of allylic oxidation sites excluding steroid dienone is 1. The van der Waals surface area contributed by atoms with Gasteiger partial charge in [-0.2, -0.15) is 0 Å². The number of aliphatic hydroxyl groups is 1. The fourth-order valence-electron chi connectivity index (χ4n) is 2.33. The van der Waals surface area contributed by atoms with Gasteiger partial charge >= 0.3 is 0 Å². The van der Waals surface area contributed by atoms with Gasteiger partial charge in [0.05, 0.1) is 0 Å². The number of rotatable bonds is 3. The topological polar surface area (TPSA) is 37.3 Å². The summed E-state index contributed by atoms with van der Waals surface area (Å²) in [5.41, 5.74) is 0.705. The molecule has 1 aliphatic rings. The van der Waals surface area contributed by atoms with Crippen molar-refractivity contribution in [2.24, 2.45) is 5.92 Å². The van der Waals surface area contributed by atoms with Gasteiger partial charge in [-0.1, -0.05) is 49.6 Å². The molecule has 0 unspecified atom stereocenters. The van der Waals surface area contributed by atoms with Gasteiger partial charge in [0.25, 0.3) is 0 Å². The molecule has 0 heterocycles. The van der Waals surface area contributed by atoms with Crippen LogP contribution in [0.5, 0.6) is 0 Å². The smallest absolute Gasteiger partial charge is 0.162 e. The molecule has 0 amide bonds. The van der Waals surface area contributed by atoms with Crippen LogP contribution >= 0.6 is 0 Å². The zero-order chi connectivity index (χ0) is 12.1. The zero-order valence-corrected chi connectivity index (χ0v) is 11.2. The van der Waals surface area contributed by atoms with Crippen LogP contribution in [0.2, 0.25) is 0 Å². The SMILES string of the molecule is O=C(/C=C(\O)c1ccccc1)C1CCCCC1.[Ni]. The van der Waals surface area contributed by atoms with Crippen LogP contribution in [0.1, 0.15) is 37.7 Å². The van der Waals surface area contributed by atoms with Crippen molar-refractivity contribution in [2.75, 3.05) is 0 Å². The van der Waals surface area contributed by atoms with E-state index in [1.807, 2.05) is 18.2 Å². The molecule has 0 atom stereocenters. The first kappa shape index (κ1) is 15.0. The number of hydrogen-bond acceptors (Lipinski definition) is 2. The van der Waals surface area contributed by atoms with Crippen molar-refractivity contribution in [1.82, 2.24) is 0 Å². The van der Waals surface area contributed by atoms with E-state index in [0.717, 1.165) is 25.7 Å². The van der Waals surface area contributed by atoms with E-state index in [2.05, 4.69) is 0 Å². The summed E-state index contributed by atoms with van der Waals surface area (Å²) in [6.07, 6.45) is 6.84. The molecule has 0 radical (unpaired) electrons. The van der Waals surface area contributed by atoms with Crippen molar-refractivity contribution in [1.29, 1.82) is 0 Å². The standard InChI is InChI=1S/C15H18O2.Ni/c16-14(12-7-3-1-4-8-12)11-15(17)13-9-5-2-6-10-13;/h1,3-4,7-8,11,13,16H,2,5-6,9-10H2;/b14-11-;. The van der Waals surface area contributed by atoms with E-state index >= 15 is 0 Å². The fraction of sp³-hybridized carbons (Fsp3) is 0.400. The van der Waals surface area contributed by atoms with Crippen molar-refractivity contribution in [3.8, 4) is 0 Å². The Hall–Kier alpha value is -1.08. The van der Waals surface area contributed by atoms with E-state index in [-0.39, 0.29) is 34.0 Å². The molecule has 2 rings (SSSR count). The van der Waals surface area contributed by atoms with Gasteiger partial charge < -0.3 is 5.11 Å². The largest absolute Gasteiger partial charge is 0.507 e. The van der Waals surface area contributed by atoms with Crippen molar-refractivity contribution < 1.29 is 26.4 Å². The van der Waals surface area contributed by atoms with E-state index in [9.17, 15) is 9.90 Å². The molecule has 0 saturated heterocycles. The second-order valence-corrected chi connectivity index (χ2v) is 4.63. The summed E-state index contributed by atoms with van der Waals surface area (Å²) in [7, 11) is 0.